The summed E-state index contributed by atoms with van der Waals surface area (Å²) in [7, 11) is 0. The fourth-order valence-corrected chi connectivity index (χ4v) is 2.14. The number of hydrogen-bond acceptors (Lipinski definition) is 4. The van der Waals surface area contributed by atoms with Gasteiger partial charge in [0.15, 0.2) is 5.82 Å². The molecule has 0 fully saturated rings. The number of carbonyl (C=O) groups excluding carboxylic acids is 1. The average molecular weight is 365 g/mol. The van der Waals surface area contributed by atoms with Crippen LogP contribution < -0.4 is 24.2 Å². The largest absolute Gasteiger partial charge is 1.00 e. The van der Waals surface area contributed by atoms with Gasteiger partial charge in [0.05, 0.1) is 5.69 Å². The molecule has 0 bridgehead atoms. The quantitative estimate of drug-likeness (QED) is 0.464. The second-order valence-electron chi connectivity index (χ2n) is 5.48. The molecule has 0 spiro atoms. The average Bonchev–Trinajstić information content (AvgIpc) is 2.64. The maximum atomic E-state index is 13.2. The van der Waals surface area contributed by atoms with E-state index in [0.717, 1.165) is 18.7 Å². The van der Waals surface area contributed by atoms with E-state index in [1.54, 1.807) is 24.5 Å². The molecule has 1 heterocycles. The molecule has 0 saturated heterocycles. The Morgan fingerprint density at radius 3 is 2.19 bits per heavy atom. The second kappa shape index (κ2) is 12.4. The van der Waals surface area contributed by atoms with E-state index in [2.05, 4.69) is 35.7 Å². The molecule has 0 radical (unpaired) electrons. The molecule has 1 aromatic carbocycles. The van der Waals surface area contributed by atoms with E-state index in [4.69, 9.17) is 4.79 Å². The minimum atomic E-state index is -2.84. The van der Waals surface area contributed by atoms with Gasteiger partial charge < -0.3 is 24.0 Å². The van der Waals surface area contributed by atoms with Crippen molar-refractivity contribution < 1.29 is 32.4 Å². The number of allylic oxidation sites excluding steroid dienone is 1. The third kappa shape index (κ3) is 8.02. The van der Waals surface area contributed by atoms with Crippen molar-refractivity contribution in [2.45, 2.75) is 31.6 Å². The maximum absolute atomic E-state index is 13.2. The van der Waals surface area contributed by atoms with Crippen molar-refractivity contribution in [1.82, 2.24) is 9.97 Å². The minimum Gasteiger partial charge on any atom is -0.419 e. The van der Waals surface area contributed by atoms with Crippen LogP contribution in [0.4, 0.5) is 20.3 Å². The van der Waals surface area contributed by atoms with Crippen molar-refractivity contribution in [3.63, 3.8) is 0 Å². The molecule has 4 nitrogen and oxygen atoms in total. The third-order valence-electron chi connectivity index (χ3n) is 3.55. The topological polar surface area (TPSA) is 54.9 Å². The Morgan fingerprint density at radius 2 is 1.74 bits per heavy atom. The summed E-state index contributed by atoms with van der Waals surface area (Å²) in [5.41, 5.74) is 1.45. The summed E-state index contributed by atoms with van der Waals surface area (Å²) in [4.78, 5) is 17.6. The molecule has 0 saturated carbocycles. The van der Waals surface area contributed by atoms with Crippen LogP contribution in [-0.2, 0) is 10.7 Å². The number of benzene rings is 1. The zero-order chi connectivity index (χ0) is 19.6. The summed E-state index contributed by atoms with van der Waals surface area (Å²) in [6.45, 7) is 11.7. The number of rotatable bonds is 7. The number of aromatic nitrogens is 2. The second-order valence-corrected chi connectivity index (χ2v) is 5.48. The predicted octanol–water partition coefficient (Wildman–Crippen LogP) is 2.15. The molecule has 2 aromatic rings. The summed E-state index contributed by atoms with van der Waals surface area (Å²) in [6.07, 6.45) is 7.05. The Hall–Kier alpha value is -2.03. The van der Waals surface area contributed by atoms with E-state index in [0.29, 0.717) is 24.3 Å². The molecule has 1 aromatic heterocycles. The van der Waals surface area contributed by atoms with E-state index >= 15 is 0 Å². The molecular formula is C20H22F2LiN3O-2. The third-order valence-corrected chi connectivity index (χ3v) is 3.55. The summed E-state index contributed by atoms with van der Waals surface area (Å²) >= 11 is 0. The molecule has 0 atom stereocenters. The molecule has 140 valence electrons. The van der Waals surface area contributed by atoms with Crippen LogP contribution in [0.2, 0.25) is 0 Å². The van der Waals surface area contributed by atoms with Gasteiger partial charge >= 0.3 is 18.9 Å². The number of nitrogens with one attached hydrogen (secondary N) is 1. The normalized spacial score (nSPS) is 10.3. The van der Waals surface area contributed by atoms with Gasteiger partial charge in [0.25, 0.3) is 5.92 Å². The van der Waals surface area contributed by atoms with Crippen LogP contribution in [0.3, 0.4) is 0 Å². The Kier molecular flexibility index (Phi) is 11.4. The van der Waals surface area contributed by atoms with Crippen molar-refractivity contribution in [2.24, 2.45) is 0 Å². The van der Waals surface area contributed by atoms with Crippen molar-refractivity contribution in [3.8, 4) is 0 Å². The van der Waals surface area contributed by atoms with Crippen molar-refractivity contribution in [3.05, 3.63) is 74.4 Å². The molecule has 0 aliphatic rings. The molecule has 0 amide bonds. The van der Waals surface area contributed by atoms with Crippen LogP contribution in [0.1, 0.15) is 36.9 Å². The Bertz CT molecular complexity index is 693. The van der Waals surface area contributed by atoms with Gasteiger partial charge in [-0.3, -0.25) is 4.98 Å². The predicted molar refractivity (Wildman–Crippen MR) is 99.9 cm³/mol. The first kappa shape index (κ1) is 25.0. The first-order chi connectivity index (χ1) is 12.4. The van der Waals surface area contributed by atoms with Gasteiger partial charge in [-0.2, -0.15) is 12.8 Å². The molecular weight excluding hydrogens is 343 g/mol. The van der Waals surface area contributed by atoms with Gasteiger partial charge in [0, 0.05) is 30.6 Å². The molecule has 0 aliphatic carbocycles. The van der Waals surface area contributed by atoms with Gasteiger partial charge in [-0.05, 0) is 24.3 Å². The smallest absolute Gasteiger partial charge is 0.419 e. The van der Waals surface area contributed by atoms with E-state index in [-0.39, 0.29) is 30.3 Å². The van der Waals surface area contributed by atoms with Crippen LogP contribution in [0, 0.1) is 13.8 Å². The number of anilines is 2. The van der Waals surface area contributed by atoms with Crippen LogP contribution in [0.5, 0.6) is 0 Å². The minimum absolute atomic E-state index is 0. The van der Waals surface area contributed by atoms with E-state index in [9.17, 15) is 8.78 Å². The zero-order valence-corrected chi connectivity index (χ0v) is 15.7. The maximum Gasteiger partial charge on any atom is 1.00 e. The fourth-order valence-electron chi connectivity index (χ4n) is 2.14. The summed E-state index contributed by atoms with van der Waals surface area (Å²) in [5, 5.41) is 3.13. The Morgan fingerprint density at radius 1 is 1.22 bits per heavy atom. The fraction of sp³-hybridized carbons (Fsp3) is 0.250. The Balaban J connectivity index is 0.00000123. The Labute approximate surface area is 171 Å². The monoisotopic (exact) mass is 365 g/mol. The van der Waals surface area contributed by atoms with Crippen molar-refractivity contribution in [2.75, 3.05) is 5.32 Å². The first-order valence-electron chi connectivity index (χ1n) is 8.00. The van der Waals surface area contributed by atoms with Gasteiger partial charge in [-0.15, -0.1) is 0 Å². The molecule has 1 N–H and O–H groups in total. The molecule has 27 heavy (non-hydrogen) atoms. The summed E-state index contributed by atoms with van der Waals surface area (Å²) in [6, 6.07) is 6.01. The summed E-state index contributed by atoms with van der Waals surface area (Å²) in [5.74, 6) is -2.13. The van der Waals surface area contributed by atoms with Gasteiger partial charge in [-0.25, -0.2) is 26.4 Å². The van der Waals surface area contributed by atoms with E-state index in [1.807, 2.05) is 0 Å². The van der Waals surface area contributed by atoms with Crippen LogP contribution in [0.15, 0.2) is 49.3 Å². The van der Waals surface area contributed by atoms with Crippen molar-refractivity contribution >= 4 is 17.8 Å². The number of nitrogens with zero attached hydrogens (tertiary/aromatic N) is 2. The van der Waals surface area contributed by atoms with Crippen LogP contribution in [0.25, 0.3) is 0 Å². The molecule has 2 rings (SSSR count). The standard InChI is InChI=1S/C17H19F2N3.C3H3O.Li/c1-4-12(5-2)15-16(21-11-10-20-15)22-14-8-6-13(7-9-14)17(3,18)19;1-2-3-4;/h6-12H,1-2,4-5H2,3H3,(H,21,22);2H,1H2;/q-2;-1;+1. The van der Waals surface area contributed by atoms with Crippen LogP contribution >= 0.6 is 0 Å². The summed E-state index contributed by atoms with van der Waals surface area (Å²) < 4.78 is 26.4. The number of halogens is 2. The zero-order valence-electron chi connectivity index (χ0n) is 15.7. The number of hydrogen-bond donors (Lipinski definition) is 1. The first-order valence-corrected chi connectivity index (χ1v) is 8.00. The van der Waals surface area contributed by atoms with Gasteiger partial charge in [-0.1, -0.05) is 12.1 Å². The van der Waals surface area contributed by atoms with E-state index < -0.39 is 5.92 Å². The van der Waals surface area contributed by atoms with Crippen molar-refractivity contribution in [1.29, 1.82) is 0 Å². The molecule has 0 unspecified atom stereocenters. The van der Waals surface area contributed by atoms with Gasteiger partial charge in [0.2, 0.25) is 0 Å². The number of alkyl halides is 2. The SMILES string of the molecule is C=C[C-]=O.[CH2-]CC(C[CH2-])c1nccnc1Nc1ccc(C(C)(F)F)cc1.[Li+]. The molecule has 0 aliphatic heterocycles. The van der Waals surface area contributed by atoms with Gasteiger partial charge in [0.1, 0.15) is 0 Å². The van der Waals surface area contributed by atoms with Crippen LogP contribution in [-0.4, -0.2) is 16.3 Å². The van der Waals surface area contributed by atoms with E-state index in [1.165, 1.54) is 18.4 Å². The molecule has 7 heteroatoms.